The van der Waals surface area contributed by atoms with Gasteiger partial charge < -0.3 is 14.6 Å². The van der Waals surface area contributed by atoms with Gasteiger partial charge in [0, 0.05) is 11.6 Å². The minimum absolute atomic E-state index is 0.196. The zero-order valence-electron chi connectivity index (χ0n) is 9.90. The van der Waals surface area contributed by atoms with Crippen LogP contribution >= 0.6 is 0 Å². The largest absolute Gasteiger partial charge is 0.372 e. The average Bonchev–Trinajstić information content (AvgIpc) is 2.96. The molecule has 1 aromatic heterocycles. The smallest absolute Gasteiger partial charge is 0.256 e. The molecule has 2 heterocycles. The van der Waals surface area contributed by atoms with Crippen LogP contribution in [0.25, 0.3) is 0 Å². The topological polar surface area (TPSA) is 64.4 Å². The van der Waals surface area contributed by atoms with E-state index < -0.39 is 0 Å². The Bertz CT molecular complexity index is 604. The van der Waals surface area contributed by atoms with Gasteiger partial charge in [-0.25, -0.2) is 0 Å². The average molecular weight is 244 g/mol. The highest BCUT2D eigenvalue weighted by atomic mass is 16.5. The van der Waals surface area contributed by atoms with Crippen LogP contribution in [0.5, 0.6) is 0 Å². The van der Waals surface area contributed by atoms with E-state index in [9.17, 15) is 4.79 Å². The molecule has 5 heteroatoms. The van der Waals surface area contributed by atoms with Gasteiger partial charge in [0.25, 0.3) is 5.91 Å². The van der Waals surface area contributed by atoms with E-state index in [2.05, 4.69) is 10.5 Å². The lowest BCUT2D eigenvalue weighted by Gasteiger charge is -2.03. The van der Waals surface area contributed by atoms with Gasteiger partial charge in [-0.15, -0.1) is 0 Å². The number of aryl methyl sites for hydroxylation is 1. The number of amides is 1. The van der Waals surface area contributed by atoms with Crippen molar-refractivity contribution in [2.75, 3.05) is 5.32 Å². The zero-order chi connectivity index (χ0) is 12.5. The molecular formula is C13H12N2O3. The highest BCUT2D eigenvalue weighted by molar-refractivity contribution is 6.03. The maximum atomic E-state index is 12.0. The summed E-state index contributed by atoms with van der Waals surface area (Å²) < 4.78 is 10.2. The third kappa shape index (κ3) is 2.00. The Labute approximate surface area is 104 Å². The monoisotopic (exact) mass is 244 g/mol. The first-order chi connectivity index (χ1) is 8.72. The SMILES string of the molecule is Cc1cc(NC(=O)c2ccc3c(c2)COC3)no1. The first-order valence-electron chi connectivity index (χ1n) is 5.66. The van der Waals surface area contributed by atoms with Crippen LogP contribution in [-0.4, -0.2) is 11.1 Å². The summed E-state index contributed by atoms with van der Waals surface area (Å²) in [7, 11) is 0. The van der Waals surface area contributed by atoms with Crippen LogP contribution in [0.1, 0.15) is 27.2 Å². The van der Waals surface area contributed by atoms with E-state index in [4.69, 9.17) is 9.26 Å². The van der Waals surface area contributed by atoms with E-state index in [1.807, 2.05) is 12.1 Å². The molecule has 3 rings (SSSR count). The summed E-state index contributed by atoms with van der Waals surface area (Å²) in [6.07, 6.45) is 0. The number of nitrogens with one attached hydrogen (secondary N) is 1. The molecule has 0 fully saturated rings. The van der Waals surface area contributed by atoms with Crippen LogP contribution in [0.2, 0.25) is 0 Å². The van der Waals surface area contributed by atoms with Gasteiger partial charge >= 0.3 is 0 Å². The molecule has 1 aliphatic heterocycles. The summed E-state index contributed by atoms with van der Waals surface area (Å²) in [4.78, 5) is 12.0. The van der Waals surface area contributed by atoms with Crippen molar-refractivity contribution in [2.45, 2.75) is 20.1 Å². The van der Waals surface area contributed by atoms with Crippen molar-refractivity contribution in [3.8, 4) is 0 Å². The number of ether oxygens (including phenoxy) is 1. The molecule has 18 heavy (non-hydrogen) atoms. The molecule has 1 amide bonds. The third-order valence-corrected chi connectivity index (χ3v) is 2.85. The Balaban J connectivity index is 1.80. The number of fused-ring (bicyclic) bond motifs is 1. The van der Waals surface area contributed by atoms with Crippen LogP contribution in [0.3, 0.4) is 0 Å². The molecule has 2 aromatic rings. The zero-order valence-corrected chi connectivity index (χ0v) is 9.90. The second kappa shape index (κ2) is 4.27. The van der Waals surface area contributed by atoms with E-state index in [1.54, 1.807) is 19.1 Å². The lowest BCUT2D eigenvalue weighted by Crippen LogP contribution is -2.12. The number of nitrogens with zero attached hydrogens (tertiary/aromatic N) is 1. The summed E-state index contributed by atoms with van der Waals surface area (Å²) in [5.74, 6) is 0.889. The van der Waals surface area contributed by atoms with Gasteiger partial charge in [0.2, 0.25) is 0 Å². The molecule has 0 atom stereocenters. The fraction of sp³-hybridized carbons (Fsp3) is 0.231. The number of aromatic nitrogens is 1. The standard InChI is InChI=1S/C13H12N2O3/c1-8-4-12(15-18-8)14-13(16)9-2-3-10-6-17-7-11(10)5-9/h2-5H,6-7H2,1H3,(H,14,15,16). The van der Waals surface area contributed by atoms with Crippen molar-refractivity contribution in [1.82, 2.24) is 5.16 Å². The highest BCUT2D eigenvalue weighted by Crippen LogP contribution is 2.21. The van der Waals surface area contributed by atoms with Crippen molar-refractivity contribution < 1.29 is 14.1 Å². The number of anilines is 1. The van der Waals surface area contributed by atoms with Crippen LogP contribution in [0.15, 0.2) is 28.8 Å². The third-order valence-electron chi connectivity index (χ3n) is 2.85. The molecular weight excluding hydrogens is 232 g/mol. The van der Waals surface area contributed by atoms with Gasteiger partial charge in [0.15, 0.2) is 5.82 Å². The van der Waals surface area contributed by atoms with Gasteiger partial charge in [0.05, 0.1) is 13.2 Å². The maximum Gasteiger partial charge on any atom is 0.256 e. The van der Waals surface area contributed by atoms with E-state index in [0.29, 0.717) is 30.4 Å². The summed E-state index contributed by atoms with van der Waals surface area (Å²) >= 11 is 0. The van der Waals surface area contributed by atoms with E-state index >= 15 is 0 Å². The molecule has 0 bridgehead atoms. The molecule has 0 aliphatic carbocycles. The Kier molecular flexibility index (Phi) is 2.60. The molecule has 0 radical (unpaired) electrons. The van der Waals surface area contributed by atoms with Crippen molar-refractivity contribution >= 4 is 11.7 Å². The van der Waals surface area contributed by atoms with Gasteiger partial charge in [-0.2, -0.15) is 0 Å². The first-order valence-corrected chi connectivity index (χ1v) is 5.66. The van der Waals surface area contributed by atoms with Crippen molar-refractivity contribution in [3.05, 3.63) is 46.7 Å². The molecule has 0 saturated heterocycles. The lowest BCUT2D eigenvalue weighted by atomic mass is 10.1. The summed E-state index contributed by atoms with van der Waals surface area (Å²) in [6.45, 7) is 2.97. The fourth-order valence-corrected chi connectivity index (χ4v) is 1.93. The first kappa shape index (κ1) is 11.0. The van der Waals surface area contributed by atoms with Gasteiger partial charge in [0.1, 0.15) is 5.76 Å². The Hall–Kier alpha value is -2.14. The van der Waals surface area contributed by atoms with Crippen LogP contribution < -0.4 is 5.32 Å². The predicted octanol–water partition coefficient (Wildman–Crippen LogP) is 2.27. The molecule has 1 aliphatic rings. The van der Waals surface area contributed by atoms with Gasteiger partial charge in [-0.3, -0.25) is 4.79 Å². The molecule has 92 valence electrons. The Morgan fingerprint density at radius 3 is 2.89 bits per heavy atom. The molecule has 0 unspecified atom stereocenters. The van der Waals surface area contributed by atoms with Crippen LogP contribution in [0.4, 0.5) is 5.82 Å². The number of carbonyl (C=O) groups excluding carboxylic acids is 1. The van der Waals surface area contributed by atoms with Crippen LogP contribution in [-0.2, 0) is 18.0 Å². The summed E-state index contributed by atoms with van der Waals surface area (Å²) in [5.41, 5.74) is 2.81. The van der Waals surface area contributed by atoms with Crippen molar-refractivity contribution in [2.24, 2.45) is 0 Å². The van der Waals surface area contributed by atoms with E-state index in [-0.39, 0.29) is 5.91 Å². The minimum atomic E-state index is -0.196. The minimum Gasteiger partial charge on any atom is -0.372 e. The van der Waals surface area contributed by atoms with Crippen molar-refractivity contribution in [3.63, 3.8) is 0 Å². The number of hydrogen-bond donors (Lipinski definition) is 1. The van der Waals surface area contributed by atoms with E-state index in [0.717, 1.165) is 11.1 Å². The number of hydrogen-bond acceptors (Lipinski definition) is 4. The second-order valence-electron chi connectivity index (χ2n) is 4.25. The van der Waals surface area contributed by atoms with E-state index in [1.165, 1.54) is 0 Å². The lowest BCUT2D eigenvalue weighted by molar-refractivity contribution is 0.102. The maximum absolute atomic E-state index is 12.0. The summed E-state index contributed by atoms with van der Waals surface area (Å²) in [5, 5.41) is 6.41. The van der Waals surface area contributed by atoms with Gasteiger partial charge in [-0.1, -0.05) is 11.2 Å². The number of benzene rings is 1. The molecule has 5 nitrogen and oxygen atoms in total. The quantitative estimate of drug-likeness (QED) is 0.880. The molecule has 1 aromatic carbocycles. The highest BCUT2D eigenvalue weighted by Gasteiger charge is 2.15. The molecule has 0 spiro atoms. The normalized spacial score (nSPS) is 13.4. The Morgan fingerprint density at radius 1 is 1.28 bits per heavy atom. The summed E-state index contributed by atoms with van der Waals surface area (Å²) in [6, 6.07) is 7.24. The number of carbonyl (C=O) groups is 1. The Morgan fingerprint density at radius 2 is 2.11 bits per heavy atom. The number of rotatable bonds is 2. The predicted molar refractivity (Wildman–Crippen MR) is 64.1 cm³/mol. The van der Waals surface area contributed by atoms with Crippen molar-refractivity contribution in [1.29, 1.82) is 0 Å². The molecule has 1 N–H and O–H groups in total. The fourth-order valence-electron chi connectivity index (χ4n) is 1.93. The molecule has 0 saturated carbocycles. The van der Waals surface area contributed by atoms with Crippen LogP contribution in [0, 0.1) is 6.92 Å². The van der Waals surface area contributed by atoms with Gasteiger partial charge in [-0.05, 0) is 30.2 Å². The second-order valence-corrected chi connectivity index (χ2v) is 4.25.